The molecule has 0 aromatic heterocycles. The summed E-state index contributed by atoms with van der Waals surface area (Å²) in [5.74, 6) is 0. The van der Waals surface area contributed by atoms with Crippen molar-refractivity contribution in [1.29, 1.82) is 0 Å². The zero-order valence-corrected chi connectivity index (χ0v) is 9.02. The third-order valence-corrected chi connectivity index (χ3v) is 2.86. The Morgan fingerprint density at radius 3 is 2.85 bits per heavy atom. The zero-order valence-electron chi connectivity index (χ0n) is 9.02. The lowest BCUT2D eigenvalue weighted by molar-refractivity contribution is 0.280. The molecule has 0 aromatic rings. The van der Waals surface area contributed by atoms with Gasteiger partial charge < -0.3 is 4.90 Å². The third-order valence-electron chi connectivity index (χ3n) is 2.86. The maximum absolute atomic E-state index is 4.08. The molecule has 0 radical (unpaired) electrons. The molecule has 0 atom stereocenters. The molecular weight excluding hydrogens is 158 g/mol. The Hall–Kier alpha value is -0.300. The van der Waals surface area contributed by atoms with Gasteiger partial charge in [-0.1, -0.05) is 31.9 Å². The minimum atomic E-state index is 1.23. The van der Waals surface area contributed by atoms with E-state index < -0.39 is 0 Å². The maximum atomic E-state index is 4.08. The Balaban J connectivity index is 2.14. The Bertz CT molecular complexity index is 151. The van der Waals surface area contributed by atoms with E-state index in [1.165, 1.54) is 63.7 Å². The van der Waals surface area contributed by atoms with E-state index in [4.69, 9.17) is 0 Å². The largest absolute Gasteiger partial charge is 0.303 e. The molecule has 1 saturated heterocycles. The van der Waals surface area contributed by atoms with Crippen LogP contribution >= 0.6 is 0 Å². The molecule has 0 N–H and O–H groups in total. The first-order valence-corrected chi connectivity index (χ1v) is 5.72. The Kier molecular flexibility index (Phi) is 5.14. The van der Waals surface area contributed by atoms with Gasteiger partial charge in [0.1, 0.15) is 0 Å². The molecule has 1 heteroatoms. The molecule has 0 bridgehead atoms. The van der Waals surface area contributed by atoms with Crippen LogP contribution in [0.25, 0.3) is 0 Å². The molecule has 1 heterocycles. The van der Waals surface area contributed by atoms with Crippen molar-refractivity contribution in [3.63, 3.8) is 0 Å². The molecule has 0 aliphatic carbocycles. The van der Waals surface area contributed by atoms with Crippen LogP contribution in [0.15, 0.2) is 12.2 Å². The summed E-state index contributed by atoms with van der Waals surface area (Å²) in [5, 5.41) is 0. The molecule has 0 amide bonds. The van der Waals surface area contributed by atoms with Gasteiger partial charge in [0, 0.05) is 6.54 Å². The van der Waals surface area contributed by atoms with Gasteiger partial charge in [-0.3, -0.25) is 0 Å². The Morgan fingerprint density at radius 2 is 2.08 bits per heavy atom. The summed E-state index contributed by atoms with van der Waals surface area (Å²) in [6.07, 6.45) is 7.91. The molecule has 0 spiro atoms. The van der Waals surface area contributed by atoms with Gasteiger partial charge in [0.25, 0.3) is 0 Å². The van der Waals surface area contributed by atoms with Crippen molar-refractivity contribution in [2.24, 2.45) is 0 Å². The fourth-order valence-electron chi connectivity index (χ4n) is 1.91. The fourth-order valence-corrected chi connectivity index (χ4v) is 1.91. The van der Waals surface area contributed by atoms with Gasteiger partial charge in [-0.15, -0.1) is 0 Å². The Morgan fingerprint density at radius 1 is 1.23 bits per heavy atom. The van der Waals surface area contributed by atoms with Crippen LogP contribution in [0, 0.1) is 0 Å². The molecule has 1 fully saturated rings. The van der Waals surface area contributed by atoms with E-state index in [9.17, 15) is 0 Å². The van der Waals surface area contributed by atoms with Gasteiger partial charge in [0.15, 0.2) is 0 Å². The van der Waals surface area contributed by atoms with Crippen LogP contribution in [0.3, 0.4) is 0 Å². The number of rotatable bonds is 4. The first-order chi connectivity index (χ1) is 6.33. The first kappa shape index (κ1) is 10.8. The summed E-state index contributed by atoms with van der Waals surface area (Å²) in [6.45, 7) is 10.2. The highest BCUT2D eigenvalue weighted by molar-refractivity contribution is 4.96. The molecule has 0 unspecified atom stereocenters. The predicted molar refractivity (Wildman–Crippen MR) is 59.0 cm³/mol. The van der Waals surface area contributed by atoms with Crippen LogP contribution < -0.4 is 0 Å². The number of hydrogen-bond donors (Lipinski definition) is 0. The quantitative estimate of drug-likeness (QED) is 0.475. The normalized spacial score (nSPS) is 20.2. The van der Waals surface area contributed by atoms with Gasteiger partial charge in [0.2, 0.25) is 0 Å². The summed E-state index contributed by atoms with van der Waals surface area (Å²) in [5.41, 5.74) is 1.46. The molecule has 1 rings (SSSR count). The first-order valence-electron chi connectivity index (χ1n) is 5.72. The summed E-state index contributed by atoms with van der Waals surface area (Å²) in [6, 6.07) is 0. The van der Waals surface area contributed by atoms with Gasteiger partial charge in [0.05, 0.1) is 0 Å². The molecule has 76 valence electrons. The number of nitrogens with zero attached hydrogens (tertiary/aromatic N) is 1. The smallest absolute Gasteiger partial charge is 0.00185 e. The monoisotopic (exact) mass is 181 g/mol. The van der Waals surface area contributed by atoms with Crippen LogP contribution in [-0.4, -0.2) is 24.5 Å². The maximum Gasteiger partial charge on any atom is 0.00185 e. The van der Waals surface area contributed by atoms with Gasteiger partial charge in [-0.05, 0) is 38.8 Å². The van der Waals surface area contributed by atoms with Crippen molar-refractivity contribution >= 4 is 0 Å². The molecule has 1 aliphatic rings. The number of hydrogen-bond acceptors (Lipinski definition) is 1. The minimum absolute atomic E-state index is 1.23. The topological polar surface area (TPSA) is 3.24 Å². The van der Waals surface area contributed by atoms with Crippen molar-refractivity contribution in [2.75, 3.05) is 19.6 Å². The second-order valence-corrected chi connectivity index (χ2v) is 4.15. The van der Waals surface area contributed by atoms with Crippen molar-refractivity contribution in [3.05, 3.63) is 12.2 Å². The molecule has 1 aliphatic heterocycles. The van der Waals surface area contributed by atoms with E-state index in [1.54, 1.807) is 0 Å². The Labute approximate surface area is 82.8 Å². The van der Waals surface area contributed by atoms with Gasteiger partial charge in [-0.25, -0.2) is 0 Å². The number of likely N-dealkylation sites (tertiary alicyclic amines) is 1. The molecule has 13 heavy (non-hydrogen) atoms. The minimum Gasteiger partial charge on any atom is -0.303 e. The number of unbranched alkanes of at least 4 members (excludes halogenated alkanes) is 2. The van der Waals surface area contributed by atoms with E-state index in [-0.39, 0.29) is 0 Å². The average molecular weight is 181 g/mol. The van der Waals surface area contributed by atoms with Crippen molar-refractivity contribution in [1.82, 2.24) is 4.90 Å². The summed E-state index contributed by atoms with van der Waals surface area (Å²) in [7, 11) is 0. The van der Waals surface area contributed by atoms with E-state index in [1.807, 2.05) is 0 Å². The lowest BCUT2D eigenvalue weighted by Gasteiger charge is -2.18. The van der Waals surface area contributed by atoms with Gasteiger partial charge >= 0.3 is 0 Å². The van der Waals surface area contributed by atoms with Gasteiger partial charge in [-0.2, -0.15) is 0 Å². The van der Waals surface area contributed by atoms with Crippen LogP contribution in [0.1, 0.15) is 45.4 Å². The highest BCUT2D eigenvalue weighted by Gasteiger charge is 2.09. The van der Waals surface area contributed by atoms with Crippen LogP contribution in [-0.2, 0) is 0 Å². The van der Waals surface area contributed by atoms with Crippen LogP contribution in [0.2, 0.25) is 0 Å². The summed E-state index contributed by atoms with van der Waals surface area (Å²) >= 11 is 0. The van der Waals surface area contributed by atoms with Crippen LogP contribution in [0.5, 0.6) is 0 Å². The zero-order chi connectivity index (χ0) is 9.52. The summed E-state index contributed by atoms with van der Waals surface area (Å²) in [4.78, 5) is 2.60. The van der Waals surface area contributed by atoms with Crippen molar-refractivity contribution < 1.29 is 0 Å². The highest BCUT2D eigenvalue weighted by atomic mass is 15.1. The lowest BCUT2D eigenvalue weighted by Crippen LogP contribution is -2.25. The highest BCUT2D eigenvalue weighted by Crippen LogP contribution is 2.14. The molecule has 0 saturated carbocycles. The average Bonchev–Trinajstić information content (AvgIpc) is 2.32. The van der Waals surface area contributed by atoms with E-state index in [0.29, 0.717) is 0 Å². The summed E-state index contributed by atoms with van der Waals surface area (Å²) < 4.78 is 0. The predicted octanol–water partition coefficient (Wildman–Crippen LogP) is 3.22. The standard InChI is InChI=1S/C12H23N/c1-3-4-5-9-13-10-6-7-12(2)8-11-13/h2-11H2,1H3. The van der Waals surface area contributed by atoms with Crippen molar-refractivity contribution in [3.8, 4) is 0 Å². The van der Waals surface area contributed by atoms with E-state index in [0.717, 1.165) is 0 Å². The molecule has 0 aromatic carbocycles. The fraction of sp³-hybridized carbons (Fsp3) is 0.833. The second-order valence-electron chi connectivity index (χ2n) is 4.15. The molecular formula is C12H23N. The molecule has 1 nitrogen and oxygen atoms in total. The van der Waals surface area contributed by atoms with Crippen LogP contribution in [0.4, 0.5) is 0 Å². The van der Waals surface area contributed by atoms with E-state index in [2.05, 4.69) is 18.4 Å². The lowest BCUT2D eigenvalue weighted by atomic mass is 10.1. The second kappa shape index (κ2) is 6.20. The third kappa shape index (κ3) is 4.47. The van der Waals surface area contributed by atoms with Crippen molar-refractivity contribution in [2.45, 2.75) is 45.4 Å². The SMILES string of the molecule is C=C1CCCN(CCCCC)CC1. The van der Waals surface area contributed by atoms with E-state index >= 15 is 0 Å².